The number of amides is 1. The molecule has 1 atom stereocenters. The zero-order chi connectivity index (χ0) is 19.2. The number of carbonyl (C=O) groups is 1. The second kappa shape index (κ2) is 8.87. The molecule has 0 fully saturated rings. The van der Waals surface area contributed by atoms with E-state index in [-0.39, 0.29) is 43.7 Å². The third-order valence-corrected chi connectivity index (χ3v) is 4.26. The Morgan fingerprint density at radius 3 is 3.00 bits per heavy atom. The van der Waals surface area contributed by atoms with Crippen LogP contribution in [0.5, 0.6) is 0 Å². The average molecular weight is 390 g/mol. The number of aromatic nitrogens is 4. The van der Waals surface area contributed by atoms with Gasteiger partial charge in [0.15, 0.2) is 11.2 Å². The van der Waals surface area contributed by atoms with E-state index in [1.165, 1.54) is 17.8 Å². The van der Waals surface area contributed by atoms with Crippen LogP contribution in [0.15, 0.2) is 11.1 Å². The van der Waals surface area contributed by atoms with Gasteiger partial charge in [-0.3, -0.25) is 28.5 Å². The SMILES string of the molecule is CCOP(=O)(O)CC(=O)NOCCOCn1cnc2c(=O)[nH]c(N)nc21. The van der Waals surface area contributed by atoms with E-state index in [1.807, 2.05) is 5.48 Å². The molecule has 13 nitrogen and oxygen atoms in total. The van der Waals surface area contributed by atoms with Gasteiger partial charge in [0.2, 0.25) is 5.95 Å². The number of H-pyrrole nitrogens is 1. The van der Waals surface area contributed by atoms with Crippen LogP contribution in [0.2, 0.25) is 0 Å². The van der Waals surface area contributed by atoms with Crippen LogP contribution >= 0.6 is 7.60 Å². The van der Waals surface area contributed by atoms with E-state index in [0.29, 0.717) is 0 Å². The molecule has 5 N–H and O–H groups in total. The Morgan fingerprint density at radius 2 is 2.27 bits per heavy atom. The van der Waals surface area contributed by atoms with Gasteiger partial charge >= 0.3 is 7.60 Å². The number of hydroxylamine groups is 1. The fourth-order valence-electron chi connectivity index (χ4n) is 1.92. The predicted octanol–water partition coefficient (Wildman–Crippen LogP) is -1.05. The summed E-state index contributed by atoms with van der Waals surface area (Å²) in [4.78, 5) is 47.4. The Hall–Kier alpha value is -2.31. The van der Waals surface area contributed by atoms with Crippen molar-refractivity contribution in [1.82, 2.24) is 25.0 Å². The van der Waals surface area contributed by atoms with Crippen LogP contribution in [0.4, 0.5) is 5.95 Å². The van der Waals surface area contributed by atoms with Gasteiger partial charge in [-0.2, -0.15) is 4.98 Å². The highest BCUT2D eigenvalue weighted by Crippen LogP contribution is 2.40. The van der Waals surface area contributed by atoms with E-state index in [9.17, 15) is 19.0 Å². The van der Waals surface area contributed by atoms with E-state index in [2.05, 4.69) is 19.5 Å². The number of anilines is 1. The Labute approximate surface area is 147 Å². The van der Waals surface area contributed by atoms with Crippen LogP contribution in [0, 0.1) is 0 Å². The number of ether oxygens (including phenoxy) is 1. The summed E-state index contributed by atoms with van der Waals surface area (Å²) in [5.74, 6) is -0.827. The van der Waals surface area contributed by atoms with Crippen molar-refractivity contribution in [3.63, 3.8) is 0 Å². The summed E-state index contributed by atoms with van der Waals surface area (Å²) in [6.45, 7) is 1.66. The first kappa shape index (κ1) is 20.0. The van der Waals surface area contributed by atoms with E-state index >= 15 is 0 Å². The molecule has 0 aromatic carbocycles. The molecular formula is C12H19N6O7P. The third-order valence-electron chi connectivity index (χ3n) is 2.91. The van der Waals surface area contributed by atoms with E-state index in [4.69, 9.17) is 15.3 Å². The normalized spacial score (nSPS) is 13.6. The molecule has 0 bridgehead atoms. The number of fused-ring (bicyclic) bond motifs is 1. The summed E-state index contributed by atoms with van der Waals surface area (Å²) >= 11 is 0. The first-order chi connectivity index (χ1) is 12.3. The van der Waals surface area contributed by atoms with Crippen LogP contribution in [0.1, 0.15) is 6.92 Å². The Bertz CT molecular complexity index is 865. The topological polar surface area (TPSA) is 184 Å². The molecule has 2 heterocycles. The summed E-state index contributed by atoms with van der Waals surface area (Å²) in [6.07, 6.45) is 0.672. The lowest BCUT2D eigenvalue weighted by Gasteiger charge is -2.11. The third kappa shape index (κ3) is 5.61. The molecule has 0 aliphatic carbocycles. The summed E-state index contributed by atoms with van der Waals surface area (Å²) in [5, 5.41) is 0. The highest BCUT2D eigenvalue weighted by molar-refractivity contribution is 7.53. The highest BCUT2D eigenvalue weighted by Gasteiger charge is 2.23. The monoisotopic (exact) mass is 390 g/mol. The van der Waals surface area contributed by atoms with Gasteiger partial charge in [0.25, 0.3) is 11.5 Å². The molecule has 0 aliphatic heterocycles. The van der Waals surface area contributed by atoms with Gasteiger partial charge in [-0.05, 0) is 6.92 Å². The number of carbonyl (C=O) groups excluding carboxylic acids is 1. The number of aromatic amines is 1. The quantitative estimate of drug-likeness (QED) is 0.222. The lowest BCUT2D eigenvalue weighted by Crippen LogP contribution is -2.28. The number of hydrogen-bond donors (Lipinski definition) is 4. The van der Waals surface area contributed by atoms with Gasteiger partial charge in [-0.1, -0.05) is 0 Å². The first-order valence-corrected chi connectivity index (χ1v) is 9.24. The first-order valence-electron chi connectivity index (χ1n) is 7.47. The number of nitrogens with one attached hydrogen (secondary N) is 2. The Morgan fingerprint density at radius 1 is 1.50 bits per heavy atom. The van der Waals surface area contributed by atoms with E-state index in [0.717, 1.165) is 0 Å². The molecule has 0 radical (unpaired) electrons. The van der Waals surface area contributed by atoms with Crippen molar-refractivity contribution in [2.24, 2.45) is 0 Å². The minimum atomic E-state index is -3.95. The number of nitrogens with zero attached hydrogens (tertiary/aromatic N) is 3. The van der Waals surface area contributed by atoms with Crippen LogP contribution in [-0.2, 0) is 30.2 Å². The predicted molar refractivity (Wildman–Crippen MR) is 88.9 cm³/mol. The maximum atomic E-state index is 11.6. The lowest BCUT2D eigenvalue weighted by molar-refractivity contribution is -0.132. The Balaban J connectivity index is 1.71. The van der Waals surface area contributed by atoms with Gasteiger partial charge in [-0.15, -0.1) is 0 Å². The molecule has 0 saturated heterocycles. The van der Waals surface area contributed by atoms with Crippen molar-refractivity contribution in [3.8, 4) is 0 Å². The van der Waals surface area contributed by atoms with Crippen molar-refractivity contribution in [2.45, 2.75) is 13.7 Å². The zero-order valence-electron chi connectivity index (χ0n) is 13.9. The number of rotatable bonds is 10. The number of hydrogen-bond acceptors (Lipinski definition) is 9. The van der Waals surface area contributed by atoms with Gasteiger partial charge in [0.05, 0.1) is 26.1 Å². The van der Waals surface area contributed by atoms with Gasteiger partial charge in [0, 0.05) is 0 Å². The highest BCUT2D eigenvalue weighted by atomic mass is 31.2. The van der Waals surface area contributed by atoms with Crippen molar-refractivity contribution in [3.05, 3.63) is 16.7 Å². The summed E-state index contributed by atoms with van der Waals surface area (Å²) < 4.78 is 22.7. The molecular weight excluding hydrogens is 371 g/mol. The van der Waals surface area contributed by atoms with Crippen molar-refractivity contribution in [1.29, 1.82) is 0 Å². The smallest absolute Gasteiger partial charge is 0.337 e. The second-order valence-corrected chi connectivity index (χ2v) is 6.81. The standard InChI is InChI=1S/C12H19N6O7P/c1-2-25-26(21,22)5-8(19)17-24-4-3-23-7-18-6-14-9-10(18)15-12(13)16-11(9)20/h6H,2-5,7H2,1H3,(H,17,19)(H,21,22)(H3,13,15,16,20). The molecule has 0 spiro atoms. The van der Waals surface area contributed by atoms with Crippen LogP contribution in [0.25, 0.3) is 11.2 Å². The molecule has 0 aliphatic rings. The minimum absolute atomic E-state index is 0.0150. The van der Waals surface area contributed by atoms with Crippen LogP contribution in [-0.4, -0.2) is 56.3 Å². The average Bonchev–Trinajstić information content (AvgIpc) is 2.93. The lowest BCUT2D eigenvalue weighted by atomic mass is 10.5. The number of nitrogen functional groups attached to an aromatic ring is 1. The molecule has 2 rings (SSSR count). The zero-order valence-corrected chi connectivity index (χ0v) is 14.8. The minimum Gasteiger partial charge on any atom is -0.369 e. The molecule has 26 heavy (non-hydrogen) atoms. The molecule has 0 saturated carbocycles. The molecule has 14 heteroatoms. The Kier molecular flexibility index (Phi) is 6.83. The van der Waals surface area contributed by atoms with E-state index < -0.39 is 25.2 Å². The largest absolute Gasteiger partial charge is 0.369 e. The summed E-state index contributed by atoms with van der Waals surface area (Å²) in [6, 6.07) is 0. The van der Waals surface area contributed by atoms with Gasteiger partial charge in [0.1, 0.15) is 12.9 Å². The number of nitrogens with two attached hydrogens (primary N) is 1. The molecule has 1 amide bonds. The van der Waals surface area contributed by atoms with E-state index in [1.54, 1.807) is 0 Å². The maximum absolute atomic E-state index is 11.6. The molecule has 2 aromatic heterocycles. The van der Waals surface area contributed by atoms with Crippen LogP contribution < -0.4 is 16.8 Å². The van der Waals surface area contributed by atoms with Crippen molar-refractivity contribution in [2.75, 3.05) is 31.7 Å². The number of imidazole rings is 1. The fraction of sp³-hybridized carbons (Fsp3) is 0.500. The molecule has 1 unspecified atom stereocenters. The fourth-order valence-corrected chi connectivity index (χ4v) is 2.84. The second-order valence-electron chi connectivity index (χ2n) is 4.96. The van der Waals surface area contributed by atoms with Gasteiger partial charge in [-0.25, -0.2) is 10.5 Å². The van der Waals surface area contributed by atoms with Crippen molar-refractivity contribution >= 4 is 30.6 Å². The molecule has 144 valence electrons. The summed E-state index contributed by atoms with van der Waals surface area (Å²) in [5.41, 5.74) is 7.45. The van der Waals surface area contributed by atoms with Gasteiger partial charge < -0.3 is 19.9 Å². The summed E-state index contributed by atoms with van der Waals surface area (Å²) in [7, 11) is -3.95. The van der Waals surface area contributed by atoms with Crippen LogP contribution in [0.3, 0.4) is 0 Å². The maximum Gasteiger partial charge on any atom is 0.337 e. The van der Waals surface area contributed by atoms with Crippen molar-refractivity contribution < 1.29 is 28.4 Å². The molecule has 2 aromatic rings.